The minimum absolute atomic E-state index is 0. The molecule has 1 N–H and O–H groups in total. The van der Waals surface area contributed by atoms with Crippen LogP contribution in [-0.4, -0.2) is 42.0 Å². The summed E-state index contributed by atoms with van der Waals surface area (Å²) in [7, 11) is -0.490. The third-order valence-electron chi connectivity index (χ3n) is 4.92. The molecule has 0 saturated carbocycles. The molecule has 7 nitrogen and oxygen atoms in total. The summed E-state index contributed by atoms with van der Waals surface area (Å²) in [6, 6.07) is 6.03. The van der Waals surface area contributed by atoms with E-state index in [0.717, 1.165) is 11.0 Å². The van der Waals surface area contributed by atoms with E-state index < -0.39 is 42.0 Å². The van der Waals surface area contributed by atoms with Crippen LogP contribution in [0.1, 0.15) is 54.0 Å². The van der Waals surface area contributed by atoms with Gasteiger partial charge in [0.2, 0.25) is 0 Å². The number of hydrogen-bond donors (Lipinski definition) is 1. The standard InChI is InChI=1S/C20H30BNO6.Li/c1-18(2,3)26-17(25)22-15(16(23)24)12-13-8-10-14(11-9-13)21-27-19(4,5)20(6,7)28-21;/h8-11,15H,12H2,1-7H3,(H,22,25)(H,23,24);/q;+1/p-1/t15-;/m1./s1. The fraction of sp³-hybridized carbons (Fsp3) is 0.600. The molecule has 0 radical (unpaired) electrons. The second kappa shape index (κ2) is 9.13. The van der Waals surface area contributed by atoms with Crippen molar-refractivity contribution in [2.45, 2.75) is 77.7 Å². The normalized spacial score (nSPS) is 18.5. The molecule has 1 heterocycles. The average molecular weight is 397 g/mol. The first-order chi connectivity index (χ1) is 12.7. The molecule has 0 spiro atoms. The van der Waals surface area contributed by atoms with E-state index in [1.165, 1.54) is 0 Å². The molecule has 1 saturated heterocycles. The smallest absolute Gasteiger partial charge is 0.548 e. The number of amides is 1. The van der Waals surface area contributed by atoms with Crippen molar-refractivity contribution >= 4 is 24.6 Å². The van der Waals surface area contributed by atoms with E-state index in [-0.39, 0.29) is 25.3 Å². The summed E-state index contributed by atoms with van der Waals surface area (Å²) >= 11 is 0. The van der Waals surface area contributed by atoms with Crippen LogP contribution in [0.15, 0.2) is 24.3 Å². The van der Waals surface area contributed by atoms with E-state index in [4.69, 9.17) is 14.0 Å². The van der Waals surface area contributed by atoms with Crippen LogP contribution in [0.5, 0.6) is 0 Å². The number of alkyl carbamates (subject to hydrolysis) is 1. The fourth-order valence-electron chi connectivity index (χ4n) is 2.67. The van der Waals surface area contributed by atoms with Crippen LogP contribution in [0.25, 0.3) is 0 Å². The van der Waals surface area contributed by atoms with Gasteiger partial charge in [0, 0.05) is 0 Å². The van der Waals surface area contributed by atoms with Gasteiger partial charge >= 0.3 is 32.1 Å². The van der Waals surface area contributed by atoms with Gasteiger partial charge in [0.1, 0.15) is 5.60 Å². The molecule has 1 atom stereocenters. The molecule has 2 rings (SSSR count). The van der Waals surface area contributed by atoms with Crippen LogP contribution < -0.4 is 34.7 Å². The SMILES string of the molecule is CC(C)(C)OC(=O)N[C@H](Cc1ccc(B2OC(C)(C)C(C)(C)O2)cc1)C(=O)[O-].[Li+]. The Labute approximate surface area is 185 Å². The Morgan fingerprint density at radius 1 is 1.10 bits per heavy atom. The molecule has 1 aromatic carbocycles. The molecule has 0 aliphatic carbocycles. The summed E-state index contributed by atoms with van der Waals surface area (Å²) in [5, 5.41) is 13.7. The van der Waals surface area contributed by atoms with Crippen molar-refractivity contribution in [1.29, 1.82) is 0 Å². The van der Waals surface area contributed by atoms with Crippen molar-refractivity contribution in [3.8, 4) is 0 Å². The van der Waals surface area contributed by atoms with Gasteiger partial charge < -0.3 is 29.3 Å². The van der Waals surface area contributed by atoms with Gasteiger partial charge in [-0.2, -0.15) is 0 Å². The predicted octanol–water partition coefficient (Wildman–Crippen LogP) is -1.82. The maximum Gasteiger partial charge on any atom is 1.00 e. The number of ether oxygens (including phenoxy) is 1. The predicted molar refractivity (Wildman–Crippen MR) is 104 cm³/mol. The first-order valence-corrected chi connectivity index (χ1v) is 9.35. The molecule has 1 amide bonds. The third kappa shape index (κ3) is 6.78. The van der Waals surface area contributed by atoms with Gasteiger partial charge in [-0.1, -0.05) is 24.3 Å². The first-order valence-electron chi connectivity index (χ1n) is 9.35. The molecular formula is C20H29BLiNO6. The van der Waals surface area contributed by atoms with Crippen LogP contribution in [0.2, 0.25) is 0 Å². The van der Waals surface area contributed by atoms with Gasteiger partial charge in [0.25, 0.3) is 0 Å². The van der Waals surface area contributed by atoms with Crippen LogP contribution in [0, 0.1) is 0 Å². The van der Waals surface area contributed by atoms with E-state index in [0.29, 0.717) is 0 Å². The van der Waals surface area contributed by atoms with E-state index >= 15 is 0 Å². The third-order valence-corrected chi connectivity index (χ3v) is 4.92. The van der Waals surface area contributed by atoms with Crippen molar-refractivity contribution in [1.82, 2.24) is 5.32 Å². The number of carbonyl (C=O) groups is 2. The number of carbonyl (C=O) groups excluding carboxylic acids is 2. The summed E-state index contributed by atoms with van der Waals surface area (Å²) in [5.74, 6) is -1.37. The molecule has 1 aromatic rings. The Balaban J connectivity index is 0.00000420. The van der Waals surface area contributed by atoms with Gasteiger partial charge in [0.15, 0.2) is 0 Å². The second-order valence-electron chi connectivity index (χ2n) is 9.05. The largest absolute Gasteiger partial charge is 1.00 e. The first kappa shape index (κ1) is 25.6. The molecule has 1 fully saturated rings. The number of aliphatic carboxylic acids is 1. The quantitative estimate of drug-likeness (QED) is 0.588. The van der Waals surface area contributed by atoms with Crippen molar-refractivity contribution in [2.24, 2.45) is 0 Å². The zero-order chi connectivity index (χ0) is 21.3. The van der Waals surface area contributed by atoms with Crippen molar-refractivity contribution < 1.29 is 47.6 Å². The zero-order valence-electron chi connectivity index (χ0n) is 18.6. The number of hydrogen-bond acceptors (Lipinski definition) is 6. The maximum atomic E-state index is 11.9. The molecule has 0 bridgehead atoms. The number of carboxylic acids is 1. The van der Waals surface area contributed by atoms with E-state index in [1.54, 1.807) is 32.9 Å². The Morgan fingerprint density at radius 2 is 1.59 bits per heavy atom. The number of carboxylic acid groups (broad SMARTS) is 1. The van der Waals surface area contributed by atoms with Crippen LogP contribution in [-0.2, 0) is 25.3 Å². The van der Waals surface area contributed by atoms with Gasteiger partial charge in [-0.3, -0.25) is 0 Å². The second-order valence-corrected chi connectivity index (χ2v) is 9.05. The molecule has 0 aromatic heterocycles. The van der Waals surface area contributed by atoms with E-state index in [1.807, 2.05) is 39.8 Å². The summed E-state index contributed by atoms with van der Waals surface area (Å²) in [4.78, 5) is 23.3. The maximum absolute atomic E-state index is 11.9. The van der Waals surface area contributed by atoms with Gasteiger partial charge in [-0.05, 0) is 65.9 Å². The minimum Gasteiger partial charge on any atom is -0.548 e. The molecule has 1 aliphatic rings. The Bertz CT molecular complexity index is 713. The average Bonchev–Trinajstić information content (AvgIpc) is 2.73. The Morgan fingerprint density at radius 3 is 2.00 bits per heavy atom. The summed E-state index contributed by atoms with van der Waals surface area (Å²) in [6.07, 6.45) is -0.721. The monoisotopic (exact) mass is 397 g/mol. The molecular weight excluding hydrogens is 368 g/mol. The van der Waals surface area contributed by atoms with Crippen molar-refractivity contribution in [3.63, 3.8) is 0 Å². The Kier molecular flexibility index (Phi) is 8.06. The van der Waals surface area contributed by atoms with Gasteiger partial charge in [-0.15, -0.1) is 0 Å². The van der Waals surface area contributed by atoms with Crippen LogP contribution in [0.3, 0.4) is 0 Å². The topological polar surface area (TPSA) is 96.9 Å². The zero-order valence-corrected chi connectivity index (χ0v) is 18.6. The van der Waals surface area contributed by atoms with Gasteiger partial charge in [-0.25, -0.2) is 4.79 Å². The molecule has 1 aliphatic heterocycles. The fourth-order valence-corrected chi connectivity index (χ4v) is 2.67. The molecule has 9 heteroatoms. The Hall–Kier alpha value is -1.46. The molecule has 154 valence electrons. The minimum atomic E-state index is -1.37. The summed E-state index contributed by atoms with van der Waals surface area (Å²) < 4.78 is 17.1. The molecule has 0 unspecified atom stereocenters. The van der Waals surface area contributed by atoms with Crippen LogP contribution in [0.4, 0.5) is 4.79 Å². The molecule has 29 heavy (non-hydrogen) atoms. The van der Waals surface area contributed by atoms with E-state index in [2.05, 4.69) is 5.32 Å². The van der Waals surface area contributed by atoms with Crippen LogP contribution >= 0.6 is 0 Å². The van der Waals surface area contributed by atoms with Crippen molar-refractivity contribution in [2.75, 3.05) is 0 Å². The number of nitrogens with one attached hydrogen (secondary N) is 1. The summed E-state index contributed by atoms with van der Waals surface area (Å²) in [5.41, 5.74) is -0.0231. The summed E-state index contributed by atoms with van der Waals surface area (Å²) in [6.45, 7) is 13.0. The number of rotatable bonds is 5. The number of benzene rings is 1. The van der Waals surface area contributed by atoms with Gasteiger partial charge in [0.05, 0.1) is 23.2 Å². The van der Waals surface area contributed by atoms with E-state index in [9.17, 15) is 14.7 Å². The van der Waals surface area contributed by atoms with Crippen molar-refractivity contribution in [3.05, 3.63) is 29.8 Å².